The maximum Gasteiger partial charge on any atom is 0.338 e. The first-order valence-corrected chi connectivity index (χ1v) is 11.6. The number of imide groups is 1. The molecule has 0 saturated carbocycles. The van der Waals surface area contributed by atoms with Crippen LogP contribution in [0.4, 0.5) is 0 Å². The molecule has 0 aliphatic carbocycles. The number of carbonyl (C=O) groups excluding carboxylic acids is 4. The second kappa shape index (κ2) is 10.3. The van der Waals surface area contributed by atoms with Crippen LogP contribution in [0.3, 0.4) is 0 Å². The molecule has 0 N–H and O–H groups in total. The van der Waals surface area contributed by atoms with Gasteiger partial charge in [0.25, 0.3) is 11.8 Å². The lowest BCUT2D eigenvalue weighted by atomic mass is 10.1. The minimum Gasteiger partial charge on any atom is -0.454 e. The predicted molar refractivity (Wildman–Crippen MR) is 132 cm³/mol. The fourth-order valence-corrected chi connectivity index (χ4v) is 4.67. The van der Waals surface area contributed by atoms with Crippen LogP contribution in [-0.2, 0) is 16.0 Å². The number of nitrogens with zero attached hydrogens (tertiary/aromatic N) is 2. The number of fused-ring (bicyclic) bond motifs is 1. The summed E-state index contributed by atoms with van der Waals surface area (Å²) in [5.74, 6) is -1.95. The smallest absolute Gasteiger partial charge is 0.338 e. The molecule has 1 aliphatic heterocycles. The van der Waals surface area contributed by atoms with E-state index in [1.165, 1.54) is 18.2 Å². The predicted octanol–water partition coefficient (Wildman–Crippen LogP) is 4.15. The van der Waals surface area contributed by atoms with Gasteiger partial charge in [-0.2, -0.15) is 0 Å². The van der Waals surface area contributed by atoms with Gasteiger partial charge in [0.15, 0.2) is 6.61 Å². The number of aromatic nitrogens is 1. The van der Waals surface area contributed by atoms with E-state index < -0.39 is 24.4 Å². The third kappa shape index (κ3) is 4.72. The van der Waals surface area contributed by atoms with Crippen molar-refractivity contribution in [2.24, 2.45) is 0 Å². The molecule has 1 atom stereocenters. The normalized spacial score (nSPS) is 13.6. The molecule has 0 spiro atoms. The lowest BCUT2D eigenvalue weighted by Crippen LogP contribution is -2.29. The summed E-state index contributed by atoms with van der Waals surface area (Å²) < 4.78 is 12.5. The quantitative estimate of drug-likeness (QED) is 0.255. The first-order chi connectivity index (χ1) is 17.2. The second-order valence-electron chi connectivity index (χ2n) is 8.90. The molecule has 0 saturated heterocycles. The Bertz CT molecular complexity index is 1340. The monoisotopic (exact) mass is 488 g/mol. The van der Waals surface area contributed by atoms with Crippen LogP contribution in [0.15, 0.2) is 54.6 Å². The van der Waals surface area contributed by atoms with Crippen molar-refractivity contribution in [1.29, 1.82) is 0 Å². The number of methoxy groups -OCH3 is 1. The van der Waals surface area contributed by atoms with Crippen molar-refractivity contribution < 1.29 is 28.7 Å². The first kappa shape index (κ1) is 25.1. The molecular weight excluding hydrogens is 460 g/mol. The van der Waals surface area contributed by atoms with Crippen molar-refractivity contribution >= 4 is 23.6 Å². The molecule has 8 nitrogen and oxygen atoms in total. The minimum absolute atomic E-state index is 0.0483. The van der Waals surface area contributed by atoms with Gasteiger partial charge in [-0.25, -0.2) is 4.79 Å². The van der Waals surface area contributed by atoms with E-state index in [1.54, 1.807) is 13.2 Å². The van der Waals surface area contributed by atoms with Crippen LogP contribution < -0.4 is 0 Å². The van der Waals surface area contributed by atoms with Crippen molar-refractivity contribution in [2.45, 2.75) is 33.4 Å². The summed E-state index contributed by atoms with van der Waals surface area (Å²) in [5, 5.41) is 0. The van der Waals surface area contributed by atoms with Gasteiger partial charge in [-0.05, 0) is 50.6 Å². The number of hydrogen-bond acceptors (Lipinski definition) is 6. The molecule has 0 bridgehead atoms. The molecule has 1 aliphatic rings. The Balaban J connectivity index is 1.45. The van der Waals surface area contributed by atoms with E-state index in [2.05, 4.69) is 0 Å². The molecule has 3 aromatic rings. The van der Waals surface area contributed by atoms with E-state index >= 15 is 0 Å². The Labute approximate surface area is 209 Å². The lowest BCUT2D eigenvalue weighted by Gasteiger charge is -2.17. The highest BCUT2D eigenvalue weighted by atomic mass is 16.5. The van der Waals surface area contributed by atoms with Gasteiger partial charge in [0.1, 0.15) is 0 Å². The molecule has 36 heavy (non-hydrogen) atoms. The Morgan fingerprint density at radius 2 is 1.64 bits per heavy atom. The Morgan fingerprint density at radius 1 is 0.944 bits per heavy atom. The van der Waals surface area contributed by atoms with Crippen molar-refractivity contribution in [3.8, 4) is 0 Å². The Hall–Kier alpha value is -4.04. The largest absolute Gasteiger partial charge is 0.454 e. The van der Waals surface area contributed by atoms with Gasteiger partial charge in [-0.15, -0.1) is 0 Å². The highest BCUT2D eigenvalue weighted by Gasteiger charge is 2.36. The fraction of sp³-hybridized carbons (Fsp3) is 0.286. The van der Waals surface area contributed by atoms with Crippen LogP contribution in [0.2, 0.25) is 0 Å². The summed E-state index contributed by atoms with van der Waals surface area (Å²) in [6, 6.07) is 15.2. The molecule has 8 heteroatoms. The highest BCUT2D eigenvalue weighted by molar-refractivity contribution is 6.21. The summed E-state index contributed by atoms with van der Waals surface area (Å²) in [4.78, 5) is 52.3. The third-order valence-electron chi connectivity index (χ3n) is 6.36. The second-order valence-corrected chi connectivity index (χ2v) is 8.90. The number of Topliss-reactive ketones (excluding diaryl/α,β-unsaturated/α-hetero) is 1. The molecule has 0 radical (unpaired) electrons. The highest BCUT2D eigenvalue weighted by Crippen LogP contribution is 2.26. The molecule has 2 amide bonds. The van der Waals surface area contributed by atoms with E-state index in [0.717, 1.165) is 21.9 Å². The van der Waals surface area contributed by atoms with E-state index in [9.17, 15) is 19.2 Å². The number of ketones is 1. The van der Waals surface area contributed by atoms with E-state index in [1.807, 2.05) is 55.7 Å². The number of carbonyl (C=O) groups is 4. The zero-order chi connectivity index (χ0) is 26.0. The van der Waals surface area contributed by atoms with Crippen LogP contribution >= 0.6 is 0 Å². The maximum absolute atomic E-state index is 12.9. The summed E-state index contributed by atoms with van der Waals surface area (Å²) >= 11 is 0. The van der Waals surface area contributed by atoms with Crippen LogP contribution in [0.1, 0.15) is 71.3 Å². The summed E-state index contributed by atoms with van der Waals surface area (Å²) in [6.45, 7) is 5.96. The van der Waals surface area contributed by atoms with Crippen LogP contribution in [-0.4, -0.2) is 53.4 Å². The first-order valence-electron chi connectivity index (χ1n) is 11.6. The van der Waals surface area contributed by atoms with Gasteiger partial charge in [0.2, 0.25) is 5.78 Å². The molecule has 1 unspecified atom stereocenters. The standard InChI is InChI=1S/C28H28N2O6/c1-17-12-23(19(3)30(17)18(2)15-35-4)25(31)16-36-28(34)21-10-11-22-24(13-21)27(33)29(26(22)32)14-20-8-6-5-7-9-20/h5-13,18H,14-16H2,1-4H3. The van der Waals surface area contributed by atoms with Crippen molar-refractivity contribution in [1.82, 2.24) is 9.47 Å². The molecule has 0 fully saturated rings. The topological polar surface area (TPSA) is 94.9 Å². The van der Waals surface area contributed by atoms with Gasteiger partial charge in [0, 0.05) is 24.1 Å². The zero-order valence-electron chi connectivity index (χ0n) is 20.7. The summed E-state index contributed by atoms with van der Waals surface area (Å²) in [5.41, 5.74) is 3.47. The van der Waals surface area contributed by atoms with Crippen molar-refractivity contribution in [3.63, 3.8) is 0 Å². The van der Waals surface area contributed by atoms with E-state index in [4.69, 9.17) is 9.47 Å². The number of hydrogen-bond donors (Lipinski definition) is 0. The maximum atomic E-state index is 12.9. The number of aryl methyl sites for hydroxylation is 1. The summed E-state index contributed by atoms with van der Waals surface area (Å²) in [7, 11) is 1.62. The zero-order valence-corrected chi connectivity index (χ0v) is 20.7. The SMILES string of the molecule is COCC(C)n1c(C)cc(C(=O)COC(=O)c2ccc3c(c2)C(=O)N(Cc2ccccc2)C3=O)c1C. The summed E-state index contributed by atoms with van der Waals surface area (Å²) in [6.07, 6.45) is 0. The van der Waals surface area contributed by atoms with Crippen LogP contribution in [0.25, 0.3) is 0 Å². The molecule has 2 heterocycles. The molecule has 1 aromatic heterocycles. The number of esters is 1. The fourth-order valence-electron chi connectivity index (χ4n) is 4.67. The van der Waals surface area contributed by atoms with E-state index in [0.29, 0.717) is 12.2 Å². The number of benzene rings is 2. The van der Waals surface area contributed by atoms with Crippen LogP contribution in [0, 0.1) is 13.8 Å². The van der Waals surface area contributed by atoms with Gasteiger partial charge in [-0.3, -0.25) is 19.3 Å². The molecular formula is C28H28N2O6. The number of rotatable bonds is 9. The van der Waals surface area contributed by atoms with E-state index in [-0.39, 0.29) is 35.1 Å². The average Bonchev–Trinajstić information content (AvgIpc) is 3.30. The van der Waals surface area contributed by atoms with Gasteiger partial charge < -0.3 is 14.0 Å². The third-order valence-corrected chi connectivity index (χ3v) is 6.36. The van der Waals surface area contributed by atoms with Gasteiger partial charge in [0.05, 0.1) is 35.9 Å². The van der Waals surface area contributed by atoms with Gasteiger partial charge in [-0.1, -0.05) is 30.3 Å². The molecule has 2 aromatic carbocycles. The molecule has 186 valence electrons. The Kier molecular flexibility index (Phi) is 7.17. The molecule has 4 rings (SSSR count). The lowest BCUT2D eigenvalue weighted by molar-refractivity contribution is 0.0474. The van der Waals surface area contributed by atoms with Crippen molar-refractivity contribution in [3.05, 3.63) is 93.8 Å². The minimum atomic E-state index is -0.741. The van der Waals surface area contributed by atoms with Gasteiger partial charge >= 0.3 is 5.97 Å². The number of amides is 2. The number of ether oxygens (including phenoxy) is 2. The van der Waals surface area contributed by atoms with Crippen molar-refractivity contribution in [2.75, 3.05) is 20.3 Å². The van der Waals surface area contributed by atoms with Crippen LogP contribution in [0.5, 0.6) is 0 Å². The average molecular weight is 489 g/mol. The Morgan fingerprint density at radius 3 is 2.33 bits per heavy atom.